The maximum atomic E-state index is 13.2. The molecule has 0 bridgehead atoms. The van der Waals surface area contributed by atoms with Crippen molar-refractivity contribution in [2.45, 2.75) is 58.3 Å². The van der Waals surface area contributed by atoms with Crippen LogP contribution in [0, 0.1) is 13.8 Å². The van der Waals surface area contributed by atoms with Gasteiger partial charge >= 0.3 is 18.1 Å². The van der Waals surface area contributed by atoms with E-state index < -0.39 is 18.2 Å². The normalized spacial score (nSPS) is 15.8. The van der Waals surface area contributed by atoms with Gasteiger partial charge in [-0.3, -0.25) is 0 Å². The van der Waals surface area contributed by atoms with Crippen LogP contribution in [-0.2, 0) is 33.7 Å². The first-order chi connectivity index (χ1) is 21.7. The van der Waals surface area contributed by atoms with Crippen LogP contribution in [0.3, 0.4) is 0 Å². The predicted octanol–water partition coefficient (Wildman–Crippen LogP) is 5.67. The molecule has 1 atom stereocenters. The number of urea groups is 1. The van der Waals surface area contributed by atoms with Crippen molar-refractivity contribution in [1.29, 1.82) is 0 Å². The number of esters is 1. The van der Waals surface area contributed by atoms with Gasteiger partial charge in [0.1, 0.15) is 18.1 Å². The number of hydrogen-bond acceptors (Lipinski definition) is 7. The molecule has 2 heterocycles. The van der Waals surface area contributed by atoms with Gasteiger partial charge in [-0.25, -0.2) is 14.4 Å². The summed E-state index contributed by atoms with van der Waals surface area (Å²) in [5.74, 6) is 0.929. The number of carbonyl (C=O) groups is 3. The Morgan fingerprint density at radius 2 is 1.64 bits per heavy atom. The SMILES string of the molecule is COC(=O)C(Cc1cc(C)c(OCc2ccccc2)c(C)c1)OC(=O)N1CCC(N2CCc3cc(OC)ccc3NC2=O)CC1. The van der Waals surface area contributed by atoms with Crippen LogP contribution < -0.4 is 14.8 Å². The van der Waals surface area contributed by atoms with Crippen LogP contribution in [0.2, 0.25) is 0 Å². The predicted molar refractivity (Wildman–Crippen MR) is 170 cm³/mol. The molecular weight excluding hydrogens is 574 g/mol. The van der Waals surface area contributed by atoms with Gasteiger partial charge in [-0.05, 0) is 79.1 Å². The van der Waals surface area contributed by atoms with Crippen molar-refractivity contribution < 1.29 is 33.3 Å². The van der Waals surface area contributed by atoms with Crippen LogP contribution in [0.5, 0.6) is 11.5 Å². The van der Waals surface area contributed by atoms with Crippen molar-refractivity contribution in [3.05, 3.63) is 88.5 Å². The molecule has 3 aromatic rings. The van der Waals surface area contributed by atoms with Gasteiger partial charge in [0.05, 0.1) is 14.2 Å². The van der Waals surface area contributed by atoms with E-state index in [4.69, 9.17) is 18.9 Å². The quantitative estimate of drug-likeness (QED) is 0.310. The molecule has 1 unspecified atom stereocenters. The molecule has 0 radical (unpaired) electrons. The minimum atomic E-state index is -1.10. The molecule has 5 rings (SSSR count). The minimum absolute atomic E-state index is 0.0183. The lowest BCUT2D eigenvalue weighted by molar-refractivity contribution is -0.151. The topological polar surface area (TPSA) is 107 Å². The summed E-state index contributed by atoms with van der Waals surface area (Å²) >= 11 is 0. The summed E-state index contributed by atoms with van der Waals surface area (Å²) in [5.41, 5.74) is 5.58. The van der Waals surface area contributed by atoms with Gasteiger partial charge in [0, 0.05) is 37.8 Å². The van der Waals surface area contributed by atoms with Crippen molar-refractivity contribution in [2.24, 2.45) is 0 Å². The van der Waals surface area contributed by atoms with Crippen molar-refractivity contribution in [2.75, 3.05) is 39.2 Å². The number of rotatable bonds is 9. The molecule has 1 fully saturated rings. The van der Waals surface area contributed by atoms with Crippen LogP contribution in [0.15, 0.2) is 60.7 Å². The highest BCUT2D eigenvalue weighted by atomic mass is 16.6. The molecule has 1 N–H and O–H groups in total. The second kappa shape index (κ2) is 14.4. The fourth-order valence-corrected chi connectivity index (χ4v) is 6.09. The molecule has 2 aliphatic rings. The number of fused-ring (bicyclic) bond motifs is 1. The number of piperidine rings is 1. The first kappa shape index (κ1) is 31.7. The highest BCUT2D eigenvalue weighted by Gasteiger charge is 2.34. The Hall–Kier alpha value is -4.73. The molecule has 0 aromatic heterocycles. The third-order valence-electron chi connectivity index (χ3n) is 8.47. The van der Waals surface area contributed by atoms with Crippen molar-refractivity contribution in [3.63, 3.8) is 0 Å². The summed E-state index contributed by atoms with van der Waals surface area (Å²) in [6.07, 6.45) is 0.422. The molecule has 3 amide bonds. The van der Waals surface area contributed by atoms with Crippen LogP contribution in [-0.4, -0.2) is 73.9 Å². The molecule has 3 aromatic carbocycles. The second-order valence-electron chi connectivity index (χ2n) is 11.5. The summed E-state index contributed by atoms with van der Waals surface area (Å²) < 4.78 is 22.1. The molecule has 0 aliphatic carbocycles. The van der Waals surface area contributed by atoms with Crippen LogP contribution in [0.25, 0.3) is 0 Å². The monoisotopic (exact) mass is 615 g/mol. The lowest BCUT2D eigenvalue weighted by Gasteiger charge is -2.37. The number of ether oxygens (including phenoxy) is 4. The number of hydrogen-bond donors (Lipinski definition) is 1. The maximum absolute atomic E-state index is 13.2. The molecule has 0 saturated carbocycles. The van der Waals surface area contributed by atoms with E-state index >= 15 is 0 Å². The number of nitrogens with zero attached hydrogens (tertiary/aromatic N) is 2. The lowest BCUT2D eigenvalue weighted by atomic mass is 10.0. The average Bonchev–Trinajstić information content (AvgIpc) is 3.21. The van der Waals surface area contributed by atoms with E-state index in [0.29, 0.717) is 45.5 Å². The van der Waals surface area contributed by atoms with Crippen molar-refractivity contribution in [3.8, 4) is 11.5 Å². The first-order valence-corrected chi connectivity index (χ1v) is 15.3. The van der Waals surface area contributed by atoms with Gasteiger partial charge in [-0.15, -0.1) is 0 Å². The zero-order chi connectivity index (χ0) is 31.9. The number of anilines is 1. The number of nitrogens with one attached hydrogen (secondary N) is 1. The summed E-state index contributed by atoms with van der Waals surface area (Å²) in [6, 6.07) is 19.3. The average molecular weight is 616 g/mol. The minimum Gasteiger partial charge on any atom is -0.497 e. The Bertz CT molecular complexity index is 1500. The smallest absolute Gasteiger partial charge is 0.410 e. The zero-order valence-electron chi connectivity index (χ0n) is 26.3. The molecule has 0 spiro atoms. The number of carbonyl (C=O) groups excluding carboxylic acids is 3. The molecule has 10 nitrogen and oxygen atoms in total. The molecule has 10 heteroatoms. The third kappa shape index (κ3) is 7.68. The van der Waals surface area contributed by atoms with E-state index in [9.17, 15) is 14.4 Å². The highest BCUT2D eigenvalue weighted by Crippen LogP contribution is 2.29. The first-order valence-electron chi connectivity index (χ1n) is 15.3. The van der Waals surface area contributed by atoms with E-state index in [1.807, 2.05) is 79.4 Å². The fraction of sp³-hybridized carbons (Fsp3) is 0.400. The fourth-order valence-electron chi connectivity index (χ4n) is 6.09. The van der Waals surface area contributed by atoms with Crippen molar-refractivity contribution in [1.82, 2.24) is 9.80 Å². The lowest BCUT2D eigenvalue weighted by Crippen LogP contribution is -2.50. The van der Waals surface area contributed by atoms with Gasteiger partial charge in [0.25, 0.3) is 0 Å². The molecule has 1 saturated heterocycles. The number of aryl methyl sites for hydroxylation is 2. The van der Waals surface area contributed by atoms with E-state index in [-0.39, 0.29) is 18.5 Å². The van der Waals surface area contributed by atoms with Gasteiger partial charge < -0.3 is 34.1 Å². The number of benzene rings is 3. The van der Waals surface area contributed by atoms with E-state index in [0.717, 1.165) is 45.0 Å². The second-order valence-corrected chi connectivity index (χ2v) is 11.5. The number of methoxy groups -OCH3 is 2. The maximum Gasteiger partial charge on any atom is 0.410 e. The Morgan fingerprint density at radius 3 is 2.31 bits per heavy atom. The third-order valence-corrected chi connectivity index (χ3v) is 8.47. The largest absolute Gasteiger partial charge is 0.497 e. The molecule has 238 valence electrons. The highest BCUT2D eigenvalue weighted by molar-refractivity contribution is 5.91. The summed E-state index contributed by atoms with van der Waals surface area (Å²) in [5, 5.41) is 3.02. The standard InChI is InChI=1S/C35H41N3O7/c1-23-18-26(19-24(2)32(23)44-22-25-8-6-5-7-9-25)20-31(33(39)43-4)45-35(41)37-15-13-28(14-16-37)38-17-12-27-21-29(42-3)10-11-30(27)36-34(38)40/h5-11,18-19,21,28,31H,12-17,20,22H2,1-4H3,(H,36,40). The Kier molecular flexibility index (Phi) is 10.1. The van der Waals surface area contributed by atoms with Gasteiger partial charge in [0.15, 0.2) is 0 Å². The summed E-state index contributed by atoms with van der Waals surface area (Å²) in [4.78, 5) is 42.4. The number of likely N-dealkylation sites (tertiary alicyclic amines) is 1. The zero-order valence-corrected chi connectivity index (χ0v) is 26.3. The van der Waals surface area contributed by atoms with Gasteiger partial charge in [-0.2, -0.15) is 0 Å². The van der Waals surface area contributed by atoms with Crippen LogP contribution >= 0.6 is 0 Å². The Morgan fingerprint density at radius 1 is 0.933 bits per heavy atom. The summed E-state index contributed by atoms with van der Waals surface area (Å²) in [7, 11) is 2.91. The van der Waals surface area contributed by atoms with Crippen LogP contribution in [0.4, 0.5) is 15.3 Å². The van der Waals surface area contributed by atoms with Crippen LogP contribution in [0.1, 0.15) is 40.7 Å². The van der Waals surface area contributed by atoms with Gasteiger partial charge in [-0.1, -0.05) is 42.5 Å². The molecular formula is C35H41N3O7. The molecule has 2 aliphatic heterocycles. The number of amides is 3. The van der Waals surface area contributed by atoms with E-state index in [1.54, 1.807) is 12.0 Å². The van der Waals surface area contributed by atoms with E-state index in [2.05, 4.69) is 5.32 Å². The Balaban J connectivity index is 1.17. The molecule has 45 heavy (non-hydrogen) atoms. The van der Waals surface area contributed by atoms with Crippen molar-refractivity contribution >= 4 is 23.8 Å². The Labute approximate surface area is 264 Å². The summed E-state index contributed by atoms with van der Waals surface area (Å²) in [6.45, 7) is 5.76. The van der Waals surface area contributed by atoms with E-state index in [1.165, 1.54) is 7.11 Å². The van der Waals surface area contributed by atoms with Gasteiger partial charge in [0.2, 0.25) is 6.10 Å².